The molecule has 0 aromatic carbocycles. The maximum atomic E-state index is 12.3. The Balaban J connectivity index is 4.83. The summed E-state index contributed by atoms with van der Waals surface area (Å²) in [6, 6.07) is 0. The minimum Gasteiger partial charge on any atom is -0.462 e. The molecule has 0 amide bonds. The number of esters is 1. The lowest BCUT2D eigenvalue weighted by atomic mass is 10.1. The van der Waals surface area contributed by atoms with E-state index in [0.29, 0.717) is 0 Å². The smallest absolute Gasteiger partial charge is 0.423 e. The number of allylic oxidation sites excluding steroid dienone is 1. The van der Waals surface area contributed by atoms with Crippen LogP contribution in [0.25, 0.3) is 0 Å². The molecule has 0 aromatic heterocycles. The first-order valence-electron chi connectivity index (χ1n) is 4.25. The predicted molar refractivity (Wildman–Crippen MR) is 45.6 cm³/mol. The number of alkyl halides is 3. The van der Waals surface area contributed by atoms with E-state index < -0.39 is 17.7 Å². The second-order valence-corrected chi connectivity index (χ2v) is 3.04. The van der Waals surface area contributed by atoms with Crippen molar-refractivity contribution < 1.29 is 22.7 Å². The molecule has 0 bridgehead atoms. The van der Waals surface area contributed by atoms with Gasteiger partial charge in [0.15, 0.2) is 0 Å². The highest BCUT2D eigenvalue weighted by atomic mass is 19.4. The summed E-state index contributed by atoms with van der Waals surface area (Å²) in [5, 5.41) is 0. The summed E-state index contributed by atoms with van der Waals surface area (Å²) < 4.78 is 41.2. The first-order chi connectivity index (χ1) is 6.29. The van der Waals surface area contributed by atoms with Gasteiger partial charge in [0, 0.05) is 0 Å². The van der Waals surface area contributed by atoms with Gasteiger partial charge in [0.2, 0.25) is 0 Å². The van der Waals surface area contributed by atoms with Gasteiger partial charge in [0.25, 0.3) is 0 Å². The van der Waals surface area contributed by atoms with E-state index in [0.717, 1.165) is 6.08 Å². The summed E-state index contributed by atoms with van der Waals surface area (Å²) in [5.74, 6) is -1.66. The minimum atomic E-state index is -4.64. The van der Waals surface area contributed by atoms with E-state index in [-0.39, 0.29) is 12.5 Å². The highest BCUT2D eigenvalue weighted by Gasteiger charge is 2.39. The van der Waals surface area contributed by atoms with Crippen molar-refractivity contribution in [3.8, 4) is 0 Å². The fraction of sp³-hybridized carbons (Fsp3) is 0.667. The summed E-state index contributed by atoms with van der Waals surface area (Å²) in [6.07, 6.45) is -3.78. The summed E-state index contributed by atoms with van der Waals surface area (Å²) >= 11 is 0. The monoisotopic (exact) mass is 210 g/mol. The molecule has 82 valence electrons. The van der Waals surface area contributed by atoms with Crippen LogP contribution in [-0.2, 0) is 9.53 Å². The van der Waals surface area contributed by atoms with Gasteiger partial charge in [-0.15, -0.1) is 0 Å². The standard InChI is InChI=1S/C9H13F3O2/c1-4-14-8(13)7(5-6(2)3)9(10,11)12/h5-6H,4H2,1-3H3. The molecule has 0 unspecified atom stereocenters. The average molecular weight is 210 g/mol. The maximum absolute atomic E-state index is 12.3. The number of ether oxygens (including phenoxy) is 1. The molecular formula is C9H13F3O2. The summed E-state index contributed by atoms with van der Waals surface area (Å²) in [4.78, 5) is 10.9. The van der Waals surface area contributed by atoms with Crippen LogP contribution in [0.2, 0.25) is 0 Å². The molecule has 0 rings (SSSR count). The number of rotatable bonds is 3. The Morgan fingerprint density at radius 2 is 1.93 bits per heavy atom. The van der Waals surface area contributed by atoms with E-state index in [1.807, 2.05) is 0 Å². The Labute approximate surface area is 80.7 Å². The van der Waals surface area contributed by atoms with Crippen LogP contribution in [0.1, 0.15) is 20.8 Å². The summed E-state index contributed by atoms with van der Waals surface area (Å²) in [6.45, 7) is 4.52. The second-order valence-electron chi connectivity index (χ2n) is 3.04. The Hall–Kier alpha value is -1.00. The fourth-order valence-corrected chi connectivity index (χ4v) is 0.820. The Morgan fingerprint density at radius 3 is 2.21 bits per heavy atom. The molecule has 0 aliphatic carbocycles. The van der Waals surface area contributed by atoms with Crippen molar-refractivity contribution in [3.05, 3.63) is 11.6 Å². The molecule has 0 heterocycles. The van der Waals surface area contributed by atoms with Crippen LogP contribution in [0.5, 0.6) is 0 Å². The van der Waals surface area contributed by atoms with Gasteiger partial charge >= 0.3 is 12.1 Å². The number of carbonyl (C=O) groups is 1. The maximum Gasteiger partial charge on any atom is 0.423 e. The number of hydrogen-bond acceptors (Lipinski definition) is 2. The van der Waals surface area contributed by atoms with E-state index >= 15 is 0 Å². The minimum absolute atomic E-state index is 0.0651. The van der Waals surface area contributed by atoms with Gasteiger partial charge in [-0.3, -0.25) is 0 Å². The van der Waals surface area contributed by atoms with Crippen LogP contribution < -0.4 is 0 Å². The SMILES string of the molecule is CCOC(=O)C(=CC(C)C)C(F)(F)F. The summed E-state index contributed by atoms with van der Waals surface area (Å²) in [7, 11) is 0. The molecule has 0 N–H and O–H groups in total. The quantitative estimate of drug-likeness (QED) is 0.528. The van der Waals surface area contributed by atoms with Crippen LogP contribution in [0.3, 0.4) is 0 Å². The van der Waals surface area contributed by atoms with Gasteiger partial charge in [-0.1, -0.05) is 19.9 Å². The van der Waals surface area contributed by atoms with Gasteiger partial charge < -0.3 is 4.74 Å². The highest BCUT2D eigenvalue weighted by Crippen LogP contribution is 2.27. The molecule has 14 heavy (non-hydrogen) atoms. The molecule has 0 aromatic rings. The van der Waals surface area contributed by atoms with Gasteiger partial charge in [-0.05, 0) is 12.8 Å². The normalized spacial score (nSPS) is 13.2. The molecule has 0 aliphatic heterocycles. The molecule has 0 saturated carbocycles. The van der Waals surface area contributed by atoms with Gasteiger partial charge in [-0.25, -0.2) is 4.79 Å². The van der Waals surface area contributed by atoms with Crippen LogP contribution in [-0.4, -0.2) is 18.8 Å². The van der Waals surface area contributed by atoms with E-state index in [1.165, 1.54) is 6.92 Å². The van der Waals surface area contributed by atoms with Crippen molar-refractivity contribution >= 4 is 5.97 Å². The molecule has 2 nitrogen and oxygen atoms in total. The Bertz CT molecular complexity index is 229. The molecular weight excluding hydrogens is 197 g/mol. The van der Waals surface area contributed by atoms with Gasteiger partial charge in [0.05, 0.1) is 6.61 Å². The highest BCUT2D eigenvalue weighted by molar-refractivity contribution is 5.89. The van der Waals surface area contributed by atoms with E-state index in [4.69, 9.17) is 0 Å². The zero-order chi connectivity index (χ0) is 11.4. The topological polar surface area (TPSA) is 26.3 Å². The lowest BCUT2D eigenvalue weighted by Gasteiger charge is -2.11. The van der Waals surface area contributed by atoms with Crippen LogP contribution >= 0.6 is 0 Å². The number of halogens is 3. The van der Waals surface area contributed by atoms with Crippen LogP contribution in [0, 0.1) is 5.92 Å². The number of hydrogen-bond donors (Lipinski definition) is 0. The fourth-order valence-electron chi connectivity index (χ4n) is 0.820. The molecule has 0 radical (unpaired) electrons. The third-order valence-corrected chi connectivity index (χ3v) is 1.30. The van der Waals surface area contributed by atoms with Crippen molar-refractivity contribution in [1.29, 1.82) is 0 Å². The second kappa shape index (κ2) is 5.02. The molecule has 0 spiro atoms. The van der Waals surface area contributed by atoms with Crippen molar-refractivity contribution in [2.24, 2.45) is 5.92 Å². The van der Waals surface area contributed by atoms with E-state index in [2.05, 4.69) is 4.74 Å². The van der Waals surface area contributed by atoms with Gasteiger partial charge in [-0.2, -0.15) is 13.2 Å². The van der Waals surface area contributed by atoms with Crippen LogP contribution in [0.15, 0.2) is 11.6 Å². The van der Waals surface area contributed by atoms with Crippen LogP contribution in [0.4, 0.5) is 13.2 Å². The zero-order valence-electron chi connectivity index (χ0n) is 8.31. The molecule has 0 aliphatic rings. The molecule has 0 saturated heterocycles. The molecule has 0 atom stereocenters. The van der Waals surface area contributed by atoms with E-state index in [9.17, 15) is 18.0 Å². The van der Waals surface area contributed by atoms with Crippen molar-refractivity contribution in [2.45, 2.75) is 26.9 Å². The molecule has 5 heteroatoms. The van der Waals surface area contributed by atoms with Gasteiger partial charge in [0.1, 0.15) is 5.57 Å². The molecule has 0 fully saturated rings. The largest absolute Gasteiger partial charge is 0.462 e. The third-order valence-electron chi connectivity index (χ3n) is 1.30. The Morgan fingerprint density at radius 1 is 1.43 bits per heavy atom. The lowest BCUT2D eigenvalue weighted by Crippen LogP contribution is -2.22. The van der Waals surface area contributed by atoms with Crippen molar-refractivity contribution in [3.63, 3.8) is 0 Å². The summed E-state index contributed by atoms with van der Waals surface area (Å²) in [5.41, 5.74) is -1.23. The number of carbonyl (C=O) groups excluding carboxylic acids is 1. The predicted octanol–water partition coefficient (Wildman–Crippen LogP) is 2.69. The Kier molecular flexibility index (Phi) is 4.67. The van der Waals surface area contributed by atoms with Crippen molar-refractivity contribution in [2.75, 3.05) is 6.61 Å². The van der Waals surface area contributed by atoms with Crippen molar-refractivity contribution in [1.82, 2.24) is 0 Å². The third kappa shape index (κ3) is 4.30. The van der Waals surface area contributed by atoms with E-state index in [1.54, 1.807) is 13.8 Å². The first kappa shape index (κ1) is 13.0. The zero-order valence-corrected chi connectivity index (χ0v) is 8.31. The first-order valence-corrected chi connectivity index (χ1v) is 4.25. The average Bonchev–Trinajstić information content (AvgIpc) is 1.98. The lowest BCUT2D eigenvalue weighted by molar-refractivity contribution is -0.150.